The number of nitrogens with one attached hydrogen (secondary N) is 1. The van der Waals surface area contributed by atoms with Gasteiger partial charge < -0.3 is 10.4 Å². The summed E-state index contributed by atoms with van der Waals surface area (Å²) in [5, 5.41) is 11.7. The number of rotatable bonds is 2. The van der Waals surface area contributed by atoms with Crippen LogP contribution in [0.15, 0.2) is 29.3 Å². The van der Waals surface area contributed by atoms with Crippen LogP contribution in [0.5, 0.6) is 0 Å². The van der Waals surface area contributed by atoms with E-state index in [9.17, 15) is 4.79 Å². The highest BCUT2D eigenvalue weighted by molar-refractivity contribution is 6.13. The minimum atomic E-state index is -0.104. The van der Waals surface area contributed by atoms with Gasteiger partial charge in [-0.2, -0.15) is 0 Å². The Labute approximate surface area is 81.3 Å². The number of amides is 1. The molecule has 72 valence electrons. The highest BCUT2D eigenvalue weighted by Gasteiger charge is 2.16. The molecule has 1 heterocycles. The summed E-state index contributed by atoms with van der Waals surface area (Å²) in [5.74, 6) is 0.451. The highest BCUT2D eigenvalue weighted by atomic mass is 16.3. The van der Waals surface area contributed by atoms with Crippen molar-refractivity contribution in [2.45, 2.75) is 6.61 Å². The summed E-state index contributed by atoms with van der Waals surface area (Å²) < 4.78 is 0. The molecule has 2 N–H and O–H groups in total. The number of aliphatic hydroxyl groups is 1. The maximum absolute atomic E-state index is 10.9. The normalized spacial score (nSPS) is 15.2. The van der Waals surface area contributed by atoms with Gasteiger partial charge in [0, 0.05) is 5.56 Å². The number of amidine groups is 1. The van der Waals surface area contributed by atoms with E-state index in [1.165, 1.54) is 0 Å². The van der Waals surface area contributed by atoms with Gasteiger partial charge in [0.25, 0.3) is 0 Å². The summed E-state index contributed by atoms with van der Waals surface area (Å²) >= 11 is 0. The Balaban J connectivity index is 2.36. The van der Waals surface area contributed by atoms with Crippen molar-refractivity contribution in [1.82, 2.24) is 5.32 Å². The van der Waals surface area contributed by atoms with E-state index in [0.717, 1.165) is 11.1 Å². The molecule has 1 aliphatic rings. The first-order valence-electron chi connectivity index (χ1n) is 4.34. The van der Waals surface area contributed by atoms with Gasteiger partial charge in [0.05, 0.1) is 6.61 Å². The Kier molecular flexibility index (Phi) is 2.28. The van der Waals surface area contributed by atoms with E-state index >= 15 is 0 Å². The molecule has 1 aromatic rings. The van der Waals surface area contributed by atoms with Gasteiger partial charge in [-0.05, 0) is 5.56 Å². The third kappa shape index (κ3) is 1.52. The lowest BCUT2D eigenvalue weighted by Gasteiger charge is -2.06. The Hall–Kier alpha value is -1.68. The second-order valence-corrected chi connectivity index (χ2v) is 3.03. The van der Waals surface area contributed by atoms with Crippen LogP contribution in [-0.4, -0.2) is 23.4 Å². The van der Waals surface area contributed by atoms with Crippen molar-refractivity contribution in [1.29, 1.82) is 0 Å². The SMILES string of the molecule is O=C1CN=C(c2ccccc2CO)N1. The molecule has 0 atom stereocenters. The first-order valence-corrected chi connectivity index (χ1v) is 4.34. The van der Waals surface area contributed by atoms with Crippen molar-refractivity contribution in [2.24, 2.45) is 4.99 Å². The molecule has 2 rings (SSSR count). The maximum Gasteiger partial charge on any atom is 0.247 e. The van der Waals surface area contributed by atoms with E-state index in [4.69, 9.17) is 5.11 Å². The highest BCUT2D eigenvalue weighted by Crippen LogP contribution is 2.10. The number of hydrogen-bond donors (Lipinski definition) is 2. The molecule has 1 amide bonds. The number of hydrogen-bond acceptors (Lipinski definition) is 3. The zero-order valence-corrected chi connectivity index (χ0v) is 7.53. The van der Waals surface area contributed by atoms with Gasteiger partial charge >= 0.3 is 0 Å². The zero-order chi connectivity index (χ0) is 9.97. The largest absolute Gasteiger partial charge is 0.392 e. The van der Waals surface area contributed by atoms with Crippen LogP contribution in [-0.2, 0) is 11.4 Å². The van der Waals surface area contributed by atoms with Crippen molar-refractivity contribution < 1.29 is 9.90 Å². The number of aliphatic imine (C=N–C) groups is 1. The van der Waals surface area contributed by atoms with Gasteiger partial charge in [-0.15, -0.1) is 0 Å². The fourth-order valence-corrected chi connectivity index (χ4v) is 1.40. The summed E-state index contributed by atoms with van der Waals surface area (Å²) in [6, 6.07) is 7.33. The first-order chi connectivity index (χ1) is 6.81. The van der Waals surface area contributed by atoms with Crippen molar-refractivity contribution in [3.8, 4) is 0 Å². The average Bonchev–Trinajstić information content (AvgIpc) is 2.65. The Morgan fingerprint density at radius 3 is 2.86 bits per heavy atom. The van der Waals surface area contributed by atoms with Crippen LogP contribution in [0.2, 0.25) is 0 Å². The molecule has 1 aromatic carbocycles. The van der Waals surface area contributed by atoms with Crippen LogP contribution in [0.25, 0.3) is 0 Å². The van der Waals surface area contributed by atoms with Crippen molar-refractivity contribution in [2.75, 3.05) is 6.54 Å². The van der Waals surface area contributed by atoms with Crippen LogP contribution in [0.4, 0.5) is 0 Å². The molecule has 0 saturated heterocycles. The molecule has 0 aliphatic carbocycles. The van der Waals surface area contributed by atoms with Gasteiger partial charge in [0.15, 0.2) is 0 Å². The minimum Gasteiger partial charge on any atom is -0.392 e. The van der Waals surface area contributed by atoms with E-state index in [0.29, 0.717) is 5.84 Å². The fourth-order valence-electron chi connectivity index (χ4n) is 1.40. The van der Waals surface area contributed by atoms with Crippen LogP contribution in [0.3, 0.4) is 0 Å². The van der Waals surface area contributed by atoms with Gasteiger partial charge in [0.2, 0.25) is 5.91 Å². The predicted octanol–water partition coefficient (Wildman–Crippen LogP) is 0.0553. The summed E-state index contributed by atoms with van der Waals surface area (Å²) in [6.45, 7) is 0.125. The monoisotopic (exact) mass is 190 g/mol. The summed E-state index contributed by atoms with van der Waals surface area (Å²) in [7, 11) is 0. The number of nitrogens with zero attached hydrogens (tertiary/aromatic N) is 1. The van der Waals surface area contributed by atoms with Gasteiger partial charge in [-0.1, -0.05) is 24.3 Å². The summed E-state index contributed by atoms with van der Waals surface area (Å²) in [4.78, 5) is 15.0. The summed E-state index contributed by atoms with van der Waals surface area (Å²) in [5.41, 5.74) is 1.56. The van der Waals surface area contributed by atoms with E-state index in [2.05, 4.69) is 10.3 Å². The third-order valence-corrected chi connectivity index (χ3v) is 2.08. The first kappa shape index (κ1) is 8.90. The lowest BCUT2D eigenvalue weighted by molar-refractivity contribution is -0.117. The van der Waals surface area contributed by atoms with Crippen molar-refractivity contribution in [3.05, 3.63) is 35.4 Å². The topological polar surface area (TPSA) is 61.7 Å². The number of carbonyl (C=O) groups excluding carboxylic acids is 1. The molecule has 0 radical (unpaired) electrons. The molecule has 14 heavy (non-hydrogen) atoms. The molecule has 0 aromatic heterocycles. The van der Waals surface area contributed by atoms with E-state index in [1.807, 2.05) is 24.3 Å². The second-order valence-electron chi connectivity index (χ2n) is 3.03. The zero-order valence-electron chi connectivity index (χ0n) is 7.53. The lowest BCUT2D eigenvalue weighted by Crippen LogP contribution is -2.26. The quantitative estimate of drug-likeness (QED) is 0.692. The standard InChI is InChI=1S/C10H10N2O2/c13-6-7-3-1-2-4-8(7)10-11-5-9(14)12-10/h1-4,13H,5-6H2,(H,11,12,14). The third-order valence-electron chi connectivity index (χ3n) is 2.08. The molecule has 0 unspecified atom stereocenters. The van der Waals surface area contributed by atoms with Crippen LogP contribution in [0, 0.1) is 0 Å². The molecule has 0 bridgehead atoms. The minimum absolute atomic E-state index is 0.0505. The van der Waals surface area contributed by atoms with Gasteiger partial charge in [-0.3, -0.25) is 9.79 Å². The van der Waals surface area contributed by atoms with E-state index in [1.54, 1.807) is 0 Å². The van der Waals surface area contributed by atoms with Crippen molar-refractivity contribution in [3.63, 3.8) is 0 Å². The number of carbonyl (C=O) groups is 1. The number of aliphatic hydroxyl groups excluding tert-OH is 1. The maximum atomic E-state index is 10.9. The fraction of sp³-hybridized carbons (Fsp3) is 0.200. The predicted molar refractivity (Wildman–Crippen MR) is 51.9 cm³/mol. The number of benzene rings is 1. The molecule has 0 fully saturated rings. The Morgan fingerprint density at radius 2 is 2.21 bits per heavy atom. The molecular weight excluding hydrogens is 180 g/mol. The van der Waals surface area contributed by atoms with Crippen LogP contribution in [0.1, 0.15) is 11.1 Å². The molecule has 0 saturated carbocycles. The molecule has 0 spiro atoms. The van der Waals surface area contributed by atoms with Crippen molar-refractivity contribution >= 4 is 11.7 Å². The average molecular weight is 190 g/mol. The van der Waals surface area contributed by atoms with Gasteiger partial charge in [-0.25, -0.2) is 0 Å². The Morgan fingerprint density at radius 1 is 1.43 bits per heavy atom. The Bertz CT molecular complexity index is 399. The van der Waals surface area contributed by atoms with Gasteiger partial charge in [0.1, 0.15) is 12.4 Å². The lowest BCUT2D eigenvalue weighted by atomic mass is 10.1. The molecule has 4 heteroatoms. The van der Waals surface area contributed by atoms with Crippen LogP contribution >= 0.6 is 0 Å². The molecule has 1 aliphatic heterocycles. The van der Waals surface area contributed by atoms with E-state index in [-0.39, 0.29) is 19.1 Å². The summed E-state index contributed by atoms with van der Waals surface area (Å²) in [6.07, 6.45) is 0. The molecular formula is C10H10N2O2. The van der Waals surface area contributed by atoms with Crippen LogP contribution < -0.4 is 5.32 Å². The second kappa shape index (κ2) is 3.59. The molecule has 4 nitrogen and oxygen atoms in total. The van der Waals surface area contributed by atoms with E-state index < -0.39 is 0 Å². The smallest absolute Gasteiger partial charge is 0.247 e.